The lowest BCUT2D eigenvalue weighted by atomic mass is 10.2. The molecule has 0 bridgehead atoms. The molecule has 1 aliphatic rings. The Labute approximate surface area is 129 Å². The van der Waals surface area contributed by atoms with Gasteiger partial charge < -0.3 is 14.2 Å². The summed E-state index contributed by atoms with van der Waals surface area (Å²) in [6.45, 7) is 2.54. The Morgan fingerprint density at radius 1 is 1.25 bits per heavy atom. The molecule has 1 fully saturated rings. The maximum atomic E-state index is 6.40. The highest BCUT2D eigenvalue weighted by atomic mass is 35.5. The van der Waals surface area contributed by atoms with Crippen LogP contribution in [0.3, 0.4) is 0 Å². The van der Waals surface area contributed by atoms with Crippen molar-refractivity contribution in [2.24, 2.45) is 0 Å². The summed E-state index contributed by atoms with van der Waals surface area (Å²) in [6.07, 6.45) is 1.31. The molecule has 1 atom stereocenters. The molecule has 0 unspecified atom stereocenters. The van der Waals surface area contributed by atoms with Crippen molar-refractivity contribution in [2.75, 3.05) is 34.4 Å². The van der Waals surface area contributed by atoms with E-state index in [-0.39, 0.29) is 6.10 Å². The highest BCUT2D eigenvalue weighted by Gasteiger charge is 2.25. The van der Waals surface area contributed by atoms with Gasteiger partial charge in [0, 0.05) is 38.4 Å². The third kappa shape index (κ3) is 3.14. The number of ether oxygens (including phenoxy) is 3. The first-order valence-corrected chi connectivity index (χ1v) is 7.20. The topological polar surface area (TPSA) is 30.9 Å². The van der Waals surface area contributed by atoms with Gasteiger partial charge in [-0.3, -0.25) is 4.90 Å². The van der Waals surface area contributed by atoms with Crippen LogP contribution in [-0.4, -0.2) is 45.4 Å². The van der Waals surface area contributed by atoms with E-state index < -0.39 is 0 Å². The lowest BCUT2D eigenvalue weighted by Gasteiger charge is -2.20. The van der Waals surface area contributed by atoms with Gasteiger partial charge in [0.05, 0.1) is 30.4 Å². The molecule has 0 spiro atoms. The van der Waals surface area contributed by atoms with Crippen LogP contribution in [-0.2, 0) is 11.3 Å². The second-order valence-corrected chi connectivity index (χ2v) is 5.55. The zero-order valence-electron chi connectivity index (χ0n) is 11.9. The first-order chi connectivity index (χ1) is 9.60. The first-order valence-electron chi connectivity index (χ1n) is 6.44. The molecule has 1 heterocycles. The van der Waals surface area contributed by atoms with E-state index in [2.05, 4.69) is 4.90 Å². The van der Waals surface area contributed by atoms with Crippen LogP contribution in [0.2, 0.25) is 10.0 Å². The number of methoxy groups -OCH3 is 3. The number of halogens is 2. The fourth-order valence-electron chi connectivity index (χ4n) is 2.46. The predicted octanol–water partition coefficient (Wildman–Crippen LogP) is 3.23. The third-order valence-electron chi connectivity index (χ3n) is 3.60. The lowest BCUT2D eigenvalue weighted by Crippen LogP contribution is -2.22. The van der Waals surface area contributed by atoms with Gasteiger partial charge in [0.1, 0.15) is 0 Å². The Morgan fingerprint density at radius 2 is 2.00 bits per heavy atom. The smallest absolute Gasteiger partial charge is 0.179 e. The van der Waals surface area contributed by atoms with Crippen LogP contribution in [0.15, 0.2) is 6.07 Å². The fourth-order valence-corrected chi connectivity index (χ4v) is 3.09. The van der Waals surface area contributed by atoms with E-state index in [0.717, 1.165) is 25.1 Å². The average molecular weight is 320 g/mol. The van der Waals surface area contributed by atoms with Crippen LogP contribution in [0, 0.1) is 0 Å². The molecule has 0 aliphatic carbocycles. The van der Waals surface area contributed by atoms with E-state index >= 15 is 0 Å². The molecule has 1 aromatic rings. The second-order valence-electron chi connectivity index (χ2n) is 4.77. The zero-order chi connectivity index (χ0) is 14.7. The van der Waals surface area contributed by atoms with Crippen molar-refractivity contribution >= 4 is 23.2 Å². The maximum Gasteiger partial charge on any atom is 0.179 e. The minimum absolute atomic E-state index is 0.285. The summed E-state index contributed by atoms with van der Waals surface area (Å²) < 4.78 is 15.9. The van der Waals surface area contributed by atoms with Gasteiger partial charge in [-0.25, -0.2) is 0 Å². The van der Waals surface area contributed by atoms with Gasteiger partial charge in [-0.15, -0.1) is 0 Å². The Morgan fingerprint density at radius 3 is 2.55 bits per heavy atom. The standard InChI is InChI=1S/C14H19Cl2NO3/c1-18-9-4-5-17(7-9)8-10-11(15)6-12(19-2)14(20-3)13(10)16/h6,9H,4-5,7-8H2,1-3H3/t9-/m1/s1. The van der Waals surface area contributed by atoms with Crippen LogP contribution < -0.4 is 9.47 Å². The van der Waals surface area contributed by atoms with E-state index in [1.165, 1.54) is 0 Å². The Balaban J connectivity index is 2.23. The molecule has 6 heteroatoms. The molecule has 2 rings (SSSR count). The molecule has 0 saturated carbocycles. The molecule has 1 saturated heterocycles. The van der Waals surface area contributed by atoms with E-state index in [4.69, 9.17) is 37.4 Å². The molecule has 0 N–H and O–H groups in total. The molecule has 0 radical (unpaired) electrons. The van der Waals surface area contributed by atoms with Crippen LogP contribution in [0.4, 0.5) is 0 Å². The first kappa shape index (κ1) is 15.7. The number of nitrogens with zero attached hydrogens (tertiary/aromatic N) is 1. The summed E-state index contributed by atoms with van der Waals surface area (Å²) in [5, 5.41) is 1.10. The molecule has 0 aromatic heterocycles. The predicted molar refractivity (Wildman–Crippen MR) is 80.3 cm³/mol. The lowest BCUT2D eigenvalue weighted by molar-refractivity contribution is 0.107. The number of likely N-dealkylation sites (tertiary alicyclic amines) is 1. The van der Waals surface area contributed by atoms with Crippen LogP contribution in [0.1, 0.15) is 12.0 Å². The van der Waals surface area contributed by atoms with Crippen molar-refractivity contribution in [2.45, 2.75) is 19.1 Å². The van der Waals surface area contributed by atoms with Gasteiger partial charge >= 0.3 is 0 Å². The summed E-state index contributed by atoms with van der Waals surface area (Å²) in [5.74, 6) is 1.07. The number of rotatable bonds is 5. The number of hydrogen-bond donors (Lipinski definition) is 0. The summed E-state index contributed by atoms with van der Waals surface area (Å²) in [4.78, 5) is 2.27. The van der Waals surface area contributed by atoms with Crippen LogP contribution in [0.5, 0.6) is 11.5 Å². The minimum Gasteiger partial charge on any atom is -0.493 e. The largest absolute Gasteiger partial charge is 0.493 e. The highest BCUT2D eigenvalue weighted by Crippen LogP contribution is 2.42. The van der Waals surface area contributed by atoms with Crippen molar-refractivity contribution < 1.29 is 14.2 Å². The SMILES string of the molecule is COc1cc(Cl)c(CN2CC[C@@H](OC)C2)c(Cl)c1OC. The minimum atomic E-state index is 0.285. The second kappa shape index (κ2) is 6.85. The van der Waals surface area contributed by atoms with Gasteiger partial charge in [-0.1, -0.05) is 23.2 Å². The third-order valence-corrected chi connectivity index (χ3v) is 4.34. The van der Waals surface area contributed by atoms with Gasteiger partial charge in [0.25, 0.3) is 0 Å². The van der Waals surface area contributed by atoms with Crippen LogP contribution >= 0.6 is 23.2 Å². The maximum absolute atomic E-state index is 6.40. The number of hydrogen-bond acceptors (Lipinski definition) is 4. The fraction of sp³-hybridized carbons (Fsp3) is 0.571. The molecule has 112 valence electrons. The van der Waals surface area contributed by atoms with Crippen molar-refractivity contribution in [1.82, 2.24) is 4.90 Å². The molecule has 1 aromatic carbocycles. The Kier molecular flexibility index (Phi) is 5.38. The van der Waals surface area contributed by atoms with Crippen molar-refractivity contribution in [3.63, 3.8) is 0 Å². The monoisotopic (exact) mass is 319 g/mol. The molecule has 1 aliphatic heterocycles. The van der Waals surface area contributed by atoms with Gasteiger partial charge in [-0.2, -0.15) is 0 Å². The summed E-state index contributed by atoms with van der Waals surface area (Å²) in [5.41, 5.74) is 0.864. The summed E-state index contributed by atoms with van der Waals surface area (Å²) in [6, 6.07) is 1.74. The molecule has 20 heavy (non-hydrogen) atoms. The van der Waals surface area contributed by atoms with Gasteiger partial charge in [0.15, 0.2) is 11.5 Å². The van der Waals surface area contributed by atoms with Gasteiger partial charge in [-0.05, 0) is 6.42 Å². The average Bonchev–Trinajstić information content (AvgIpc) is 2.90. The van der Waals surface area contributed by atoms with Crippen LogP contribution in [0.25, 0.3) is 0 Å². The van der Waals surface area contributed by atoms with Crippen molar-refractivity contribution in [1.29, 1.82) is 0 Å². The number of benzene rings is 1. The Bertz CT molecular complexity index is 482. The molecular weight excluding hydrogens is 301 g/mol. The summed E-state index contributed by atoms with van der Waals surface area (Å²) >= 11 is 12.7. The van der Waals surface area contributed by atoms with E-state index in [1.54, 1.807) is 27.4 Å². The molecule has 0 amide bonds. The Hall–Kier alpha value is -0.680. The normalized spacial score (nSPS) is 19.4. The van der Waals surface area contributed by atoms with E-state index in [0.29, 0.717) is 28.1 Å². The van der Waals surface area contributed by atoms with Crippen molar-refractivity contribution in [3.05, 3.63) is 21.7 Å². The highest BCUT2D eigenvalue weighted by molar-refractivity contribution is 6.37. The summed E-state index contributed by atoms with van der Waals surface area (Å²) in [7, 11) is 4.87. The molecular formula is C14H19Cl2NO3. The van der Waals surface area contributed by atoms with E-state index in [1.807, 2.05) is 0 Å². The van der Waals surface area contributed by atoms with E-state index in [9.17, 15) is 0 Å². The van der Waals surface area contributed by atoms with Crippen molar-refractivity contribution in [3.8, 4) is 11.5 Å². The molecule has 4 nitrogen and oxygen atoms in total. The van der Waals surface area contributed by atoms with Gasteiger partial charge in [0.2, 0.25) is 0 Å². The quantitative estimate of drug-likeness (QED) is 0.833. The zero-order valence-corrected chi connectivity index (χ0v) is 13.4.